The minimum absolute atomic E-state index is 0.155. The summed E-state index contributed by atoms with van der Waals surface area (Å²) in [7, 11) is 2.99. The summed E-state index contributed by atoms with van der Waals surface area (Å²) in [5, 5.41) is 9.05. The Morgan fingerprint density at radius 2 is 2.21 bits per heavy atom. The van der Waals surface area contributed by atoms with Crippen LogP contribution in [0.2, 0.25) is 0 Å². The molecule has 0 saturated heterocycles. The lowest BCUT2D eigenvalue weighted by Crippen LogP contribution is -2.08. The van der Waals surface area contributed by atoms with E-state index in [1.165, 1.54) is 7.11 Å². The Balaban J connectivity index is 2.66. The fourth-order valence-electron chi connectivity index (χ4n) is 1.57. The predicted molar refractivity (Wildman–Crippen MR) is 75.1 cm³/mol. The molecule has 0 aromatic heterocycles. The lowest BCUT2D eigenvalue weighted by Gasteiger charge is -2.12. The number of nitriles is 1. The van der Waals surface area contributed by atoms with Crippen LogP contribution in [0.25, 0.3) is 0 Å². The highest BCUT2D eigenvalue weighted by molar-refractivity contribution is 7.99. The van der Waals surface area contributed by atoms with Crippen molar-refractivity contribution >= 4 is 17.7 Å². The number of methoxy groups -OCH3 is 2. The quantitative estimate of drug-likeness (QED) is 0.749. The minimum Gasteiger partial charge on any atom is -0.496 e. The number of carbonyl (C=O) groups is 1. The van der Waals surface area contributed by atoms with Gasteiger partial charge in [-0.1, -0.05) is 6.92 Å². The highest BCUT2D eigenvalue weighted by Crippen LogP contribution is 2.27. The van der Waals surface area contributed by atoms with Gasteiger partial charge >= 0.3 is 5.97 Å². The molecular weight excluding hydrogens is 262 g/mol. The molecule has 0 fully saturated rings. The van der Waals surface area contributed by atoms with Crippen molar-refractivity contribution in [2.75, 3.05) is 14.2 Å². The van der Waals surface area contributed by atoms with Gasteiger partial charge in [-0.05, 0) is 18.2 Å². The van der Waals surface area contributed by atoms with Gasteiger partial charge in [0.2, 0.25) is 0 Å². The van der Waals surface area contributed by atoms with Crippen LogP contribution < -0.4 is 4.74 Å². The van der Waals surface area contributed by atoms with E-state index in [-0.39, 0.29) is 11.2 Å². The molecule has 0 aliphatic carbocycles. The van der Waals surface area contributed by atoms with Crippen molar-refractivity contribution in [3.63, 3.8) is 0 Å². The number of hydrogen-bond donors (Lipinski definition) is 0. The van der Waals surface area contributed by atoms with E-state index in [9.17, 15) is 4.79 Å². The van der Waals surface area contributed by atoms with Crippen LogP contribution in [-0.2, 0) is 15.3 Å². The summed E-state index contributed by atoms with van der Waals surface area (Å²) in [6.07, 6.45) is 0.376. The first-order chi connectivity index (χ1) is 9.10. The van der Waals surface area contributed by atoms with Crippen LogP contribution in [-0.4, -0.2) is 25.4 Å². The van der Waals surface area contributed by atoms with E-state index in [0.717, 1.165) is 11.3 Å². The minimum atomic E-state index is -0.210. The SMILES string of the molecule is COC(=O)CC(C)SCc1cc(C#N)ccc1OC. The molecule has 19 heavy (non-hydrogen) atoms. The molecule has 102 valence electrons. The van der Waals surface area contributed by atoms with Crippen LogP contribution in [0.5, 0.6) is 5.75 Å². The van der Waals surface area contributed by atoms with E-state index in [1.807, 2.05) is 13.0 Å². The van der Waals surface area contributed by atoms with Gasteiger partial charge in [-0.15, -0.1) is 0 Å². The zero-order valence-corrected chi connectivity index (χ0v) is 12.1. The molecule has 0 saturated carbocycles. The number of ether oxygens (including phenoxy) is 2. The lowest BCUT2D eigenvalue weighted by molar-refractivity contribution is -0.140. The van der Waals surface area contributed by atoms with Crippen molar-refractivity contribution in [3.8, 4) is 11.8 Å². The molecule has 4 nitrogen and oxygen atoms in total. The van der Waals surface area contributed by atoms with Crippen LogP contribution in [0.4, 0.5) is 0 Å². The fraction of sp³-hybridized carbons (Fsp3) is 0.429. The van der Waals surface area contributed by atoms with E-state index in [0.29, 0.717) is 17.7 Å². The summed E-state index contributed by atoms with van der Waals surface area (Å²) in [4.78, 5) is 11.2. The molecule has 1 aromatic carbocycles. The zero-order valence-electron chi connectivity index (χ0n) is 11.3. The molecule has 1 aromatic rings. The molecule has 5 heteroatoms. The number of benzene rings is 1. The van der Waals surface area contributed by atoms with Crippen molar-refractivity contribution in [2.45, 2.75) is 24.3 Å². The molecule has 0 aliphatic rings. The molecule has 0 amide bonds. The highest BCUT2D eigenvalue weighted by atomic mass is 32.2. The smallest absolute Gasteiger partial charge is 0.306 e. The predicted octanol–water partition coefficient (Wildman–Crippen LogP) is 2.75. The molecule has 1 atom stereocenters. The summed E-state index contributed by atoms with van der Waals surface area (Å²) in [5.74, 6) is 1.24. The largest absolute Gasteiger partial charge is 0.496 e. The van der Waals surface area contributed by atoms with Crippen LogP contribution in [0.1, 0.15) is 24.5 Å². The molecule has 0 spiro atoms. The summed E-state index contributed by atoms with van der Waals surface area (Å²) >= 11 is 1.63. The Hall–Kier alpha value is -1.67. The van der Waals surface area contributed by atoms with E-state index in [1.54, 1.807) is 31.0 Å². The normalized spacial score (nSPS) is 11.5. The van der Waals surface area contributed by atoms with Gasteiger partial charge in [0.15, 0.2) is 0 Å². The Bertz CT molecular complexity index is 482. The van der Waals surface area contributed by atoms with Crippen molar-refractivity contribution in [3.05, 3.63) is 29.3 Å². The van der Waals surface area contributed by atoms with Gasteiger partial charge in [0.1, 0.15) is 5.75 Å². The Morgan fingerprint density at radius 1 is 1.47 bits per heavy atom. The molecule has 0 N–H and O–H groups in total. The van der Waals surface area contributed by atoms with E-state index in [4.69, 9.17) is 10.00 Å². The molecule has 0 aliphatic heterocycles. The number of hydrogen-bond acceptors (Lipinski definition) is 5. The molecule has 0 radical (unpaired) electrons. The molecular formula is C14H17NO3S. The Kier molecular flexibility index (Phi) is 6.23. The summed E-state index contributed by atoms with van der Waals surface area (Å²) in [6, 6.07) is 7.44. The second-order valence-electron chi connectivity index (χ2n) is 4.04. The molecule has 1 unspecified atom stereocenters. The monoisotopic (exact) mass is 279 g/mol. The summed E-state index contributed by atoms with van der Waals surface area (Å²) in [5.41, 5.74) is 1.57. The lowest BCUT2D eigenvalue weighted by atomic mass is 10.1. The first-order valence-corrected chi connectivity index (χ1v) is 6.91. The summed E-state index contributed by atoms with van der Waals surface area (Å²) < 4.78 is 9.90. The van der Waals surface area contributed by atoms with E-state index >= 15 is 0 Å². The molecule has 0 bridgehead atoms. The second kappa shape index (κ2) is 7.70. The first-order valence-electron chi connectivity index (χ1n) is 5.86. The number of esters is 1. The van der Waals surface area contributed by atoms with Gasteiger partial charge in [0.05, 0.1) is 32.3 Å². The number of rotatable bonds is 6. The number of thioether (sulfide) groups is 1. The van der Waals surface area contributed by atoms with Gasteiger partial charge in [-0.3, -0.25) is 4.79 Å². The first kappa shape index (κ1) is 15.4. The Labute approximate surface area is 117 Å². The average Bonchev–Trinajstić information content (AvgIpc) is 2.44. The van der Waals surface area contributed by atoms with Gasteiger partial charge in [0, 0.05) is 16.6 Å². The number of nitrogens with zero attached hydrogens (tertiary/aromatic N) is 1. The zero-order chi connectivity index (χ0) is 14.3. The third kappa shape index (κ3) is 4.84. The maximum Gasteiger partial charge on any atom is 0.306 e. The van der Waals surface area contributed by atoms with Crippen LogP contribution in [0, 0.1) is 11.3 Å². The molecule has 1 rings (SSSR count). The highest BCUT2D eigenvalue weighted by Gasteiger charge is 2.12. The number of carbonyl (C=O) groups excluding carboxylic acids is 1. The fourth-order valence-corrected chi connectivity index (χ4v) is 2.51. The summed E-state index contributed by atoms with van der Waals surface area (Å²) in [6.45, 7) is 1.97. The van der Waals surface area contributed by atoms with Crippen LogP contribution in [0.15, 0.2) is 18.2 Å². The van der Waals surface area contributed by atoms with Crippen LogP contribution >= 0.6 is 11.8 Å². The van der Waals surface area contributed by atoms with E-state index < -0.39 is 0 Å². The van der Waals surface area contributed by atoms with E-state index in [2.05, 4.69) is 10.8 Å². The molecule has 0 heterocycles. The third-order valence-electron chi connectivity index (χ3n) is 2.61. The van der Waals surface area contributed by atoms with Gasteiger partial charge in [-0.25, -0.2) is 0 Å². The standard InChI is InChI=1S/C14H17NO3S/c1-10(6-14(16)18-3)19-9-12-7-11(8-15)4-5-13(12)17-2/h4-5,7,10H,6,9H2,1-3H3. The second-order valence-corrected chi connectivity index (χ2v) is 5.47. The Morgan fingerprint density at radius 3 is 2.79 bits per heavy atom. The van der Waals surface area contributed by atoms with Gasteiger partial charge in [0.25, 0.3) is 0 Å². The third-order valence-corrected chi connectivity index (χ3v) is 3.83. The van der Waals surface area contributed by atoms with Gasteiger partial charge < -0.3 is 9.47 Å². The van der Waals surface area contributed by atoms with Crippen molar-refractivity contribution in [1.29, 1.82) is 5.26 Å². The van der Waals surface area contributed by atoms with Crippen LogP contribution in [0.3, 0.4) is 0 Å². The maximum absolute atomic E-state index is 11.2. The van der Waals surface area contributed by atoms with Crippen molar-refractivity contribution < 1.29 is 14.3 Å². The van der Waals surface area contributed by atoms with Gasteiger partial charge in [-0.2, -0.15) is 17.0 Å². The van der Waals surface area contributed by atoms with Crippen molar-refractivity contribution in [1.82, 2.24) is 0 Å². The topological polar surface area (TPSA) is 59.3 Å². The maximum atomic E-state index is 11.2. The van der Waals surface area contributed by atoms with Crippen molar-refractivity contribution in [2.24, 2.45) is 0 Å². The average molecular weight is 279 g/mol.